The molecule has 5 rings (SSSR count). The van der Waals surface area contributed by atoms with Crippen molar-refractivity contribution >= 4 is 34.3 Å². The average Bonchev–Trinajstić information content (AvgIpc) is 3.54. The number of aryl methyl sites for hydroxylation is 1. The molecule has 0 aliphatic rings. The lowest BCUT2D eigenvalue weighted by molar-refractivity contribution is -0.115. The molecule has 0 spiro atoms. The number of hydrogen-bond donors (Lipinski definition) is 3. The lowest BCUT2D eigenvalue weighted by atomic mass is 9.93. The Labute approximate surface area is 201 Å². The molecule has 0 saturated carbocycles. The van der Waals surface area contributed by atoms with E-state index in [1.54, 1.807) is 16.9 Å². The van der Waals surface area contributed by atoms with E-state index in [0.717, 1.165) is 39.3 Å². The summed E-state index contributed by atoms with van der Waals surface area (Å²) in [6.07, 6.45) is 5.47. The number of hydrogen-bond acceptors (Lipinski definition) is 7. The molecule has 10 heteroatoms. The van der Waals surface area contributed by atoms with Crippen molar-refractivity contribution in [3.63, 3.8) is 0 Å². The molecule has 5 aromatic rings. The maximum atomic E-state index is 12.4. The van der Waals surface area contributed by atoms with Crippen LogP contribution in [-0.4, -0.2) is 35.8 Å². The fourth-order valence-corrected chi connectivity index (χ4v) is 3.66. The van der Waals surface area contributed by atoms with E-state index in [4.69, 9.17) is 4.52 Å². The van der Waals surface area contributed by atoms with Crippen LogP contribution in [0.2, 0.25) is 0 Å². The molecule has 0 atom stereocenters. The molecule has 0 fully saturated rings. The van der Waals surface area contributed by atoms with E-state index in [1.807, 2.05) is 64.3 Å². The maximum Gasteiger partial charge on any atom is 0.230 e. The van der Waals surface area contributed by atoms with Crippen LogP contribution in [0, 0.1) is 0 Å². The molecule has 4 heterocycles. The van der Waals surface area contributed by atoms with Gasteiger partial charge in [-0.15, -0.1) is 0 Å². The summed E-state index contributed by atoms with van der Waals surface area (Å²) in [5, 5.41) is 15.2. The topological polar surface area (TPSA) is 127 Å². The maximum absolute atomic E-state index is 12.4. The Morgan fingerprint density at radius 1 is 1.14 bits per heavy atom. The molecule has 3 N–H and O–H groups in total. The van der Waals surface area contributed by atoms with E-state index in [9.17, 15) is 4.79 Å². The van der Waals surface area contributed by atoms with Crippen molar-refractivity contribution in [2.75, 3.05) is 10.6 Å². The van der Waals surface area contributed by atoms with Crippen LogP contribution in [0.25, 0.3) is 22.3 Å². The number of anilines is 3. The fraction of sp³-hybridized carbons (Fsp3) is 0.240. The van der Waals surface area contributed by atoms with E-state index >= 15 is 0 Å². The van der Waals surface area contributed by atoms with Gasteiger partial charge in [0.25, 0.3) is 0 Å². The lowest BCUT2D eigenvalue weighted by Crippen LogP contribution is -2.14. The van der Waals surface area contributed by atoms with Gasteiger partial charge in [-0.25, -0.2) is 9.97 Å². The fourth-order valence-electron chi connectivity index (χ4n) is 3.66. The summed E-state index contributed by atoms with van der Waals surface area (Å²) < 4.78 is 7.07. The molecule has 4 aromatic heterocycles. The number of aromatic amines is 1. The minimum atomic E-state index is -0.172. The van der Waals surface area contributed by atoms with E-state index in [0.29, 0.717) is 11.6 Å². The Morgan fingerprint density at radius 3 is 2.63 bits per heavy atom. The Bertz CT molecular complexity index is 1490. The summed E-state index contributed by atoms with van der Waals surface area (Å²) in [6, 6.07) is 11.4. The van der Waals surface area contributed by atoms with Crippen molar-refractivity contribution < 1.29 is 9.32 Å². The number of nitrogens with one attached hydrogen (secondary N) is 3. The van der Waals surface area contributed by atoms with Gasteiger partial charge < -0.3 is 20.1 Å². The normalized spacial score (nSPS) is 11.7. The summed E-state index contributed by atoms with van der Waals surface area (Å²) in [7, 11) is 1.88. The number of nitrogens with zero attached hydrogens (tertiary/aromatic N) is 5. The molecular weight excluding hydrogens is 444 g/mol. The lowest BCUT2D eigenvalue weighted by Gasteiger charge is -2.12. The second-order valence-corrected chi connectivity index (χ2v) is 9.44. The molecule has 1 amide bonds. The quantitative estimate of drug-likeness (QED) is 0.332. The van der Waals surface area contributed by atoms with Crippen LogP contribution in [0.4, 0.5) is 17.3 Å². The summed E-state index contributed by atoms with van der Waals surface area (Å²) in [5.41, 5.74) is 4.18. The first-order chi connectivity index (χ1) is 16.7. The second-order valence-electron chi connectivity index (χ2n) is 9.44. The van der Waals surface area contributed by atoms with Crippen LogP contribution in [0.15, 0.2) is 59.6 Å². The highest BCUT2D eigenvalue weighted by Gasteiger charge is 2.20. The van der Waals surface area contributed by atoms with Crippen molar-refractivity contribution in [3.05, 3.63) is 66.4 Å². The number of H-pyrrole nitrogens is 1. The zero-order chi connectivity index (χ0) is 24.6. The van der Waals surface area contributed by atoms with Crippen molar-refractivity contribution in [1.29, 1.82) is 0 Å². The molecular formula is C25H26N8O2. The van der Waals surface area contributed by atoms with Gasteiger partial charge in [-0.2, -0.15) is 5.10 Å². The molecule has 0 unspecified atom stereocenters. The van der Waals surface area contributed by atoms with Gasteiger partial charge in [0.05, 0.1) is 23.7 Å². The van der Waals surface area contributed by atoms with Crippen LogP contribution >= 0.6 is 0 Å². The summed E-state index contributed by atoms with van der Waals surface area (Å²) in [5.74, 6) is 1.67. The summed E-state index contributed by atoms with van der Waals surface area (Å²) in [6.45, 7) is 6.07. The Balaban J connectivity index is 1.26. The van der Waals surface area contributed by atoms with Crippen LogP contribution in [-0.2, 0) is 23.7 Å². The number of fused-ring (bicyclic) bond motifs is 1. The third-order valence-corrected chi connectivity index (χ3v) is 5.54. The summed E-state index contributed by atoms with van der Waals surface area (Å²) in [4.78, 5) is 24.5. The number of aromatic nitrogens is 6. The Hall–Kier alpha value is -4.47. The predicted octanol–water partition coefficient (Wildman–Crippen LogP) is 4.57. The van der Waals surface area contributed by atoms with Gasteiger partial charge in [-0.1, -0.05) is 38.1 Å². The second kappa shape index (κ2) is 8.71. The van der Waals surface area contributed by atoms with Gasteiger partial charge in [0.15, 0.2) is 5.82 Å². The number of benzene rings is 1. The molecule has 0 saturated heterocycles. The van der Waals surface area contributed by atoms with Crippen molar-refractivity contribution in [3.8, 4) is 11.3 Å². The third kappa shape index (κ3) is 4.91. The summed E-state index contributed by atoms with van der Waals surface area (Å²) >= 11 is 0. The molecule has 0 bridgehead atoms. The SMILES string of the molecule is Cn1cc(-c2cc3c(Nc4ccc(CC(=O)Nc5cc(C(C)(C)C)on5)cc4)ncnc3[nH]2)cn1. The number of carbonyl (C=O) groups is 1. The van der Waals surface area contributed by atoms with E-state index < -0.39 is 0 Å². The number of rotatable bonds is 6. The highest BCUT2D eigenvalue weighted by molar-refractivity contribution is 5.93. The van der Waals surface area contributed by atoms with Crippen LogP contribution in [0.5, 0.6) is 0 Å². The van der Waals surface area contributed by atoms with Gasteiger partial charge in [0.2, 0.25) is 5.91 Å². The standard InChI is InChI=1S/C25H26N8O2/c1-25(2,3)20-11-21(32-35-20)31-22(34)9-15-5-7-17(8-6-15)29-23-18-10-19(16-12-28-33(4)13-16)30-24(18)27-14-26-23/h5-8,10-14H,9H2,1-4H3,(H,31,32,34)(H2,26,27,29,30). The smallest absolute Gasteiger partial charge is 0.230 e. The molecule has 1 aromatic carbocycles. The molecule has 0 radical (unpaired) electrons. The first-order valence-corrected chi connectivity index (χ1v) is 11.2. The highest BCUT2D eigenvalue weighted by Crippen LogP contribution is 2.28. The average molecular weight is 471 g/mol. The number of carbonyl (C=O) groups excluding carboxylic acids is 1. The van der Waals surface area contributed by atoms with E-state index in [-0.39, 0.29) is 17.7 Å². The van der Waals surface area contributed by atoms with Gasteiger partial charge >= 0.3 is 0 Å². The zero-order valence-electron chi connectivity index (χ0n) is 20.0. The Morgan fingerprint density at radius 2 is 1.94 bits per heavy atom. The van der Waals surface area contributed by atoms with Gasteiger partial charge in [0, 0.05) is 36.0 Å². The van der Waals surface area contributed by atoms with Crippen molar-refractivity contribution in [2.24, 2.45) is 7.05 Å². The number of amides is 1. The largest absolute Gasteiger partial charge is 0.359 e. The molecule has 35 heavy (non-hydrogen) atoms. The van der Waals surface area contributed by atoms with Crippen LogP contribution in [0.1, 0.15) is 32.1 Å². The monoisotopic (exact) mass is 470 g/mol. The first kappa shape index (κ1) is 22.3. The van der Waals surface area contributed by atoms with Gasteiger partial charge in [-0.3, -0.25) is 9.48 Å². The zero-order valence-corrected chi connectivity index (χ0v) is 20.0. The van der Waals surface area contributed by atoms with Crippen molar-refractivity contribution in [1.82, 2.24) is 29.9 Å². The van der Waals surface area contributed by atoms with E-state index in [2.05, 4.69) is 35.8 Å². The molecule has 0 aliphatic carbocycles. The highest BCUT2D eigenvalue weighted by atomic mass is 16.5. The minimum absolute atomic E-state index is 0.160. The molecule has 178 valence electrons. The van der Waals surface area contributed by atoms with E-state index in [1.165, 1.54) is 6.33 Å². The minimum Gasteiger partial charge on any atom is -0.359 e. The molecule has 10 nitrogen and oxygen atoms in total. The third-order valence-electron chi connectivity index (χ3n) is 5.54. The van der Waals surface area contributed by atoms with Gasteiger partial charge in [0.1, 0.15) is 23.6 Å². The van der Waals surface area contributed by atoms with Gasteiger partial charge in [-0.05, 0) is 23.8 Å². The first-order valence-electron chi connectivity index (χ1n) is 11.2. The van der Waals surface area contributed by atoms with Crippen LogP contribution in [0.3, 0.4) is 0 Å². The molecule has 0 aliphatic heterocycles. The Kier molecular flexibility index (Phi) is 5.56. The van der Waals surface area contributed by atoms with Crippen molar-refractivity contribution in [2.45, 2.75) is 32.6 Å². The predicted molar refractivity (Wildman–Crippen MR) is 133 cm³/mol. The van der Waals surface area contributed by atoms with Crippen LogP contribution < -0.4 is 10.6 Å².